The van der Waals surface area contributed by atoms with Gasteiger partial charge in [0, 0.05) is 0 Å². The molecule has 54 valence electrons. The van der Waals surface area contributed by atoms with Crippen LogP contribution in [-0.4, -0.2) is 11.9 Å². The van der Waals surface area contributed by atoms with Crippen LogP contribution in [0, 0.1) is 5.92 Å². The van der Waals surface area contributed by atoms with Crippen molar-refractivity contribution in [1.29, 1.82) is 0 Å². The molecule has 0 fully saturated rings. The molecule has 0 saturated carbocycles. The van der Waals surface area contributed by atoms with Gasteiger partial charge in [0.2, 0.25) is 0 Å². The lowest BCUT2D eigenvalue weighted by Crippen LogP contribution is -2.12. The van der Waals surface area contributed by atoms with Crippen molar-refractivity contribution in [3.8, 4) is 0 Å². The zero-order valence-electron chi connectivity index (χ0n) is 5.76. The highest BCUT2D eigenvalue weighted by atomic mass is 32.1. The minimum Gasteiger partial charge on any atom is -0.455 e. The van der Waals surface area contributed by atoms with E-state index >= 15 is 0 Å². The number of hydrogen-bond acceptors (Lipinski definition) is 3. The van der Waals surface area contributed by atoms with Crippen LogP contribution in [0.5, 0.6) is 0 Å². The van der Waals surface area contributed by atoms with Gasteiger partial charge in [-0.25, -0.2) is 0 Å². The van der Waals surface area contributed by atoms with E-state index in [1.807, 2.05) is 13.8 Å². The minimum absolute atomic E-state index is 0.0112. The van der Waals surface area contributed by atoms with Gasteiger partial charge in [-0.05, 0) is 6.42 Å². The third kappa shape index (κ3) is 3.40. The molecule has 0 spiro atoms. The SMILES string of the molecule is CCC(C)C(=O)OCS. The van der Waals surface area contributed by atoms with Crippen molar-refractivity contribution in [3.63, 3.8) is 0 Å². The first kappa shape index (κ1) is 8.82. The van der Waals surface area contributed by atoms with Crippen molar-refractivity contribution < 1.29 is 9.53 Å². The van der Waals surface area contributed by atoms with E-state index in [0.29, 0.717) is 0 Å². The van der Waals surface area contributed by atoms with Crippen LogP contribution in [0.1, 0.15) is 20.3 Å². The standard InChI is InChI=1S/C6H12O2S/c1-3-5(2)6(7)8-4-9/h5,9H,3-4H2,1-2H3. The van der Waals surface area contributed by atoms with Gasteiger partial charge in [0.05, 0.1) is 5.92 Å². The molecule has 0 aliphatic heterocycles. The average Bonchev–Trinajstić information content (AvgIpc) is 1.87. The van der Waals surface area contributed by atoms with Crippen LogP contribution in [0.4, 0.5) is 0 Å². The summed E-state index contributed by atoms with van der Waals surface area (Å²) < 4.78 is 4.62. The van der Waals surface area contributed by atoms with Crippen LogP contribution in [-0.2, 0) is 9.53 Å². The van der Waals surface area contributed by atoms with Crippen molar-refractivity contribution >= 4 is 18.6 Å². The van der Waals surface area contributed by atoms with Crippen molar-refractivity contribution in [2.45, 2.75) is 20.3 Å². The van der Waals surface area contributed by atoms with Gasteiger partial charge in [-0.1, -0.05) is 13.8 Å². The van der Waals surface area contributed by atoms with Crippen molar-refractivity contribution in [2.75, 3.05) is 5.94 Å². The van der Waals surface area contributed by atoms with Crippen LogP contribution in [0.3, 0.4) is 0 Å². The van der Waals surface area contributed by atoms with E-state index < -0.39 is 0 Å². The van der Waals surface area contributed by atoms with E-state index in [1.165, 1.54) is 0 Å². The fourth-order valence-corrected chi connectivity index (χ4v) is 0.500. The Kier molecular flexibility index (Phi) is 4.58. The molecule has 0 bridgehead atoms. The number of rotatable bonds is 3. The Morgan fingerprint density at radius 1 is 1.78 bits per heavy atom. The largest absolute Gasteiger partial charge is 0.455 e. The first-order chi connectivity index (χ1) is 4.22. The first-order valence-corrected chi connectivity index (χ1v) is 3.63. The van der Waals surface area contributed by atoms with Gasteiger partial charge in [0.25, 0.3) is 0 Å². The molecule has 1 atom stereocenters. The highest BCUT2D eigenvalue weighted by Gasteiger charge is 2.09. The normalized spacial score (nSPS) is 12.8. The Morgan fingerprint density at radius 3 is 2.67 bits per heavy atom. The van der Waals surface area contributed by atoms with Crippen LogP contribution >= 0.6 is 12.6 Å². The van der Waals surface area contributed by atoms with E-state index in [1.54, 1.807) is 0 Å². The highest BCUT2D eigenvalue weighted by Crippen LogP contribution is 2.02. The molecular weight excluding hydrogens is 136 g/mol. The lowest BCUT2D eigenvalue weighted by Gasteiger charge is -2.05. The molecule has 3 heteroatoms. The van der Waals surface area contributed by atoms with Crippen LogP contribution in [0.2, 0.25) is 0 Å². The number of carbonyl (C=O) groups excluding carboxylic acids is 1. The maximum absolute atomic E-state index is 10.7. The smallest absolute Gasteiger partial charge is 0.309 e. The summed E-state index contributed by atoms with van der Waals surface area (Å²) in [6, 6.07) is 0. The molecule has 0 aliphatic carbocycles. The van der Waals surface area contributed by atoms with Gasteiger partial charge in [-0.3, -0.25) is 4.79 Å². The molecule has 2 nitrogen and oxygen atoms in total. The molecule has 0 radical (unpaired) electrons. The maximum atomic E-state index is 10.7. The second-order valence-corrected chi connectivity index (χ2v) is 2.16. The third-order valence-electron chi connectivity index (χ3n) is 1.22. The zero-order chi connectivity index (χ0) is 7.28. The number of ether oxygens (including phenoxy) is 1. The topological polar surface area (TPSA) is 26.3 Å². The number of carbonyl (C=O) groups is 1. The zero-order valence-corrected chi connectivity index (χ0v) is 6.65. The van der Waals surface area contributed by atoms with Gasteiger partial charge in [0.15, 0.2) is 0 Å². The lowest BCUT2D eigenvalue weighted by molar-refractivity contribution is -0.145. The molecule has 0 N–H and O–H groups in total. The van der Waals surface area contributed by atoms with E-state index in [2.05, 4.69) is 17.4 Å². The predicted molar refractivity (Wildman–Crippen MR) is 39.4 cm³/mol. The van der Waals surface area contributed by atoms with E-state index in [0.717, 1.165) is 6.42 Å². The summed E-state index contributed by atoms with van der Waals surface area (Å²) in [7, 11) is 0. The van der Waals surface area contributed by atoms with Crippen molar-refractivity contribution in [1.82, 2.24) is 0 Å². The van der Waals surface area contributed by atoms with E-state index in [-0.39, 0.29) is 17.8 Å². The van der Waals surface area contributed by atoms with Gasteiger partial charge < -0.3 is 4.74 Å². The molecule has 0 rings (SSSR count). The Morgan fingerprint density at radius 2 is 2.33 bits per heavy atom. The number of esters is 1. The molecule has 0 aromatic carbocycles. The van der Waals surface area contributed by atoms with Crippen LogP contribution in [0.15, 0.2) is 0 Å². The summed E-state index contributed by atoms with van der Waals surface area (Å²) in [4.78, 5) is 10.7. The van der Waals surface area contributed by atoms with Gasteiger partial charge in [-0.15, -0.1) is 12.6 Å². The summed E-state index contributed by atoms with van der Waals surface area (Å²) in [5.41, 5.74) is 0. The average molecular weight is 148 g/mol. The fourth-order valence-electron chi connectivity index (χ4n) is 0.373. The highest BCUT2D eigenvalue weighted by molar-refractivity contribution is 7.80. The summed E-state index contributed by atoms with van der Waals surface area (Å²) >= 11 is 3.75. The number of hydrogen-bond donors (Lipinski definition) is 1. The van der Waals surface area contributed by atoms with Gasteiger partial charge in [0.1, 0.15) is 5.94 Å². The monoisotopic (exact) mass is 148 g/mol. The third-order valence-corrected chi connectivity index (χ3v) is 1.35. The fraction of sp³-hybridized carbons (Fsp3) is 0.833. The molecule has 0 amide bonds. The second kappa shape index (κ2) is 4.68. The van der Waals surface area contributed by atoms with Gasteiger partial charge >= 0.3 is 5.97 Å². The molecule has 0 heterocycles. The summed E-state index contributed by atoms with van der Waals surface area (Å²) in [6.07, 6.45) is 0.826. The Bertz CT molecular complexity index is 93.1. The second-order valence-electron chi connectivity index (χ2n) is 1.90. The van der Waals surface area contributed by atoms with Gasteiger partial charge in [-0.2, -0.15) is 0 Å². The minimum atomic E-state index is -0.160. The Labute approximate surface area is 61.0 Å². The molecular formula is C6H12O2S. The lowest BCUT2D eigenvalue weighted by atomic mass is 10.1. The van der Waals surface area contributed by atoms with E-state index in [9.17, 15) is 4.79 Å². The molecule has 0 aromatic rings. The van der Waals surface area contributed by atoms with Crippen molar-refractivity contribution in [2.24, 2.45) is 5.92 Å². The summed E-state index contributed by atoms with van der Waals surface area (Å²) in [5, 5.41) is 0. The van der Waals surface area contributed by atoms with Crippen molar-refractivity contribution in [3.05, 3.63) is 0 Å². The maximum Gasteiger partial charge on any atom is 0.309 e. The van der Waals surface area contributed by atoms with Crippen LogP contribution in [0.25, 0.3) is 0 Å². The Balaban J connectivity index is 3.46. The predicted octanol–water partition coefficient (Wildman–Crippen LogP) is 1.46. The van der Waals surface area contributed by atoms with Crippen LogP contribution < -0.4 is 0 Å². The summed E-state index contributed by atoms with van der Waals surface area (Å²) in [6.45, 7) is 3.79. The molecule has 9 heavy (non-hydrogen) atoms. The van der Waals surface area contributed by atoms with E-state index in [4.69, 9.17) is 0 Å². The summed E-state index contributed by atoms with van der Waals surface area (Å²) in [5.74, 6) is 0.0352. The molecule has 0 aromatic heterocycles. The molecule has 1 unspecified atom stereocenters. The molecule has 0 aliphatic rings. The number of thiol groups is 1. The first-order valence-electron chi connectivity index (χ1n) is 2.99. The quantitative estimate of drug-likeness (QED) is 0.372. The Hall–Kier alpha value is -0.180. The molecule has 0 saturated heterocycles.